The summed E-state index contributed by atoms with van der Waals surface area (Å²) in [6.45, 7) is 1.59. The Morgan fingerprint density at radius 3 is 2.56 bits per heavy atom. The van der Waals surface area contributed by atoms with Gasteiger partial charge in [-0.05, 0) is 37.2 Å². The minimum atomic E-state index is -0.443. The molecule has 3 rings (SSSR count). The summed E-state index contributed by atoms with van der Waals surface area (Å²) in [5.74, 6) is -0.817. The first kappa shape index (κ1) is 18.2. The molecule has 0 saturated carbocycles. The van der Waals surface area contributed by atoms with E-state index >= 15 is 0 Å². The van der Waals surface area contributed by atoms with E-state index in [1.54, 1.807) is 6.07 Å². The fourth-order valence-electron chi connectivity index (χ4n) is 2.80. The van der Waals surface area contributed by atoms with Gasteiger partial charge >= 0.3 is 5.97 Å². The number of anilines is 1. The lowest BCUT2D eigenvalue weighted by Gasteiger charge is -2.22. The van der Waals surface area contributed by atoms with Crippen LogP contribution in [0.15, 0.2) is 18.2 Å². The number of thiophene rings is 1. The van der Waals surface area contributed by atoms with Crippen LogP contribution in [0.5, 0.6) is 0 Å². The van der Waals surface area contributed by atoms with Gasteiger partial charge in [-0.25, -0.2) is 4.79 Å². The van der Waals surface area contributed by atoms with E-state index in [-0.39, 0.29) is 5.91 Å². The first-order chi connectivity index (χ1) is 11.9. The SMILES string of the molecule is COC(=O)c1c(NC(=O)c2cc(Cl)cc(Cl)c2)sc2c1CCN(C)C2. The van der Waals surface area contributed by atoms with Crippen molar-refractivity contribution < 1.29 is 14.3 Å². The van der Waals surface area contributed by atoms with Crippen molar-refractivity contribution in [1.82, 2.24) is 4.90 Å². The number of ether oxygens (including phenoxy) is 1. The van der Waals surface area contributed by atoms with Crippen LogP contribution in [0.2, 0.25) is 10.0 Å². The average molecular weight is 399 g/mol. The minimum Gasteiger partial charge on any atom is -0.465 e. The number of likely N-dealkylation sites (N-methyl/N-ethyl adjacent to an activating group) is 1. The van der Waals surface area contributed by atoms with E-state index in [9.17, 15) is 9.59 Å². The van der Waals surface area contributed by atoms with Crippen LogP contribution in [-0.4, -0.2) is 37.5 Å². The van der Waals surface area contributed by atoms with Gasteiger partial charge in [0.2, 0.25) is 0 Å². The third kappa shape index (κ3) is 3.82. The van der Waals surface area contributed by atoms with Crippen molar-refractivity contribution in [3.05, 3.63) is 49.8 Å². The third-order valence-electron chi connectivity index (χ3n) is 3.99. The summed E-state index contributed by atoms with van der Waals surface area (Å²) in [4.78, 5) is 28.1. The van der Waals surface area contributed by atoms with Gasteiger partial charge in [-0.2, -0.15) is 0 Å². The number of halogens is 2. The van der Waals surface area contributed by atoms with Gasteiger partial charge < -0.3 is 15.0 Å². The number of nitrogens with zero attached hydrogens (tertiary/aromatic N) is 1. The number of hydrogen-bond donors (Lipinski definition) is 1. The van der Waals surface area contributed by atoms with Gasteiger partial charge in [-0.15, -0.1) is 11.3 Å². The van der Waals surface area contributed by atoms with Crippen LogP contribution in [0.4, 0.5) is 5.00 Å². The monoisotopic (exact) mass is 398 g/mol. The second-order valence-electron chi connectivity index (χ2n) is 5.80. The van der Waals surface area contributed by atoms with E-state index in [4.69, 9.17) is 27.9 Å². The first-order valence-electron chi connectivity index (χ1n) is 7.58. The third-order valence-corrected chi connectivity index (χ3v) is 5.56. The zero-order chi connectivity index (χ0) is 18.1. The lowest BCUT2D eigenvalue weighted by Crippen LogP contribution is -2.26. The van der Waals surface area contributed by atoms with Crippen molar-refractivity contribution in [2.24, 2.45) is 0 Å². The summed E-state index contributed by atoms with van der Waals surface area (Å²) in [5, 5.41) is 4.05. The topological polar surface area (TPSA) is 58.6 Å². The Hall–Kier alpha value is -1.60. The van der Waals surface area contributed by atoms with E-state index in [2.05, 4.69) is 10.2 Å². The van der Waals surface area contributed by atoms with Crippen molar-refractivity contribution in [3.63, 3.8) is 0 Å². The Bertz CT molecular complexity index is 830. The van der Waals surface area contributed by atoms with Crippen molar-refractivity contribution in [2.75, 3.05) is 26.0 Å². The van der Waals surface area contributed by atoms with Gasteiger partial charge in [0.15, 0.2) is 0 Å². The van der Waals surface area contributed by atoms with Gasteiger partial charge in [0, 0.05) is 33.6 Å². The number of methoxy groups -OCH3 is 1. The maximum atomic E-state index is 12.6. The Labute approximate surface area is 159 Å². The molecule has 0 saturated heterocycles. The smallest absolute Gasteiger partial charge is 0.341 e. The highest BCUT2D eigenvalue weighted by molar-refractivity contribution is 7.17. The average Bonchev–Trinajstić information content (AvgIpc) is 2.90. The zero-order valence-corrected chi connectivity index (χ0v) is 16.0. The molecular formula is C17H16Cl2N2O3S. The maximum Gasteiger partial charge on any atom is 0.341 e. The summed E-state index contributed by atoms with van der Waals surface area (Å²) in [6.07, 6.45) is 0.742. The second-order valence-corrected chi connectivity index (χ2v) is 7.78. The predicted molar refractivity (Wildman–Crippen MR) is 100 cm³/mol. The molecule has 1 aromatic carbocycles. The second kappa shape index (κ2) is 7.33. The number of nitrogens with one attached hydrogen (secondary N) is 1. The quantitative estimate of drug-likeness (QED) is 0.791. The molecular weight excluding hydrogens is 383 g/mol. The van der Waals surface area contributed by atoms with Crippen molar-refractivity contribution >= 4 is 51.4 Å². The molecule has 1 amide bonds. The molecule has 0 radical (unpaired) electrons. The normalized spacial score (nSPS) is 14.1. The number of carbonyl (C=O) groups is 2. The summed E-state index contributed by atoms with van der Waals surface area (Å²) < 4.78 is 4.91. The summed E-state index contributed by atoms with van der Waals surface area (Å²) >= 11 is 13.3. The van der Waals surface area contributed by atoms with Gasteiger partial charge in [0.1, 0.15) is 5.00 Å². The summed E-state index contributed by atoms with van der Waals surface area (Å²) in [5.41, 5.74) is 1.73. The van der Waals surface area contributed by atoms with Crippen LogP contribution in [-0.2, 0) is 17.7 Å². The van der Waals surface area contributed by atoms with Crippen LogP contribution in [0, 0.1) is 0 Å². The van der Waals surface area contributed by atoms with E-state index in [1.165, 1.54) is 30.6 Å². The van der Waals surface area contributed by atoms with E-state index < -0.39 is 5.97 Å². The zero-order valence-electron chi connectivity index (χ0n) is 13.7. The van der Waals surface area contributed by atoms with E-state index in [0.29, 0.717) is 26.2 Å². The Kier molecular flexibility index (Phi) is 5.34. The van der Waals surface area contributed by atoms with Crippen LogP contribution < -0.4 is 5.32 Å². The number of esters is 1. The first-order valence-corrected chi connectivity index (χ1v) is 9.15. The number of rotatable bonds is 3. The molecule has 1 aromatic heterocycles. The molecule has 0 unspecified atom stereocenters. The number of fused-ring (bicyclic) bond motifs is 1. The minimum absolute atomic E-state index is 0.330. The van der Waals surface area contributed by atoms with Crippen LogP contribution in [0.1, 0.15) is 31.2 Å². The molecule has 0 spiro atoms. The molecule has 2 aromatic rings. The highest BCUT2D eigenvalue weighted by Crippen LogP contribution is 2.37. The number of benzene rings is 1. The highest BCUT2D eigenvalue weighted by atomic mass is 35.5. The molecule has 0 atom stereocenters. The maximum absolute atomic E-state index is 12.6. The van der Waals surface area contributed by atoms with Crippen molar-refractivity contribution in [2.45, 2.75) is 13.0 Å². The van der Waals surface area contributed by atoms with Gasteiger partial charge in [0.25, 0.3) is 5.91 Å². The molecule has 0 aliphatic carbocycles. The molecule has 1 aliphatic heterocycles. The van der Waals surface area contributed by atoms with Gasteiger partial charge in [-0.1, -0.05) is 23.2 Å². The molecule has 0 bridgehead atoms. The summed E-state index contributed by atoms with van der Waals surface area (Å²) in [6, 6.07) is 4.61. The number of amides is 1. The molecule has 132 valence electrons. The fourth-order valence-corrected chi connectivity index (χ4v) is 4.63. The lowest BCUT2D eigenvalue weighted by molar-refractivity contribution is 0.0600. The van der Waals surface area contributed by atoms with Crippen molar-refractivity contribution in [1.29, 1.82) is 0 Å². The van der Waals surface area contributed by atoms with Crippen LogP contribution in [0.3, 0.4) is 0 Å². The largest absolute Gasteiger partial charge is 0.465 e. The molecule has 8 heteroatoms. The number of carbonyl (C=O) groups excluding carboxylic acids is 2. The number of hydrogen-bond acceptors (Lipinski definition) is 5. The predicted octanol–water partition coefficient (Wildman–Crippen LogP) is 4.08. The van der Waals surface area contributed by atoms with E-state index in [1.807, 2.05) is 7.05 Å². The fraction of sp³-hybridized carbons (Fsp3) is 0.294. The Balaban J connectivity index is 1.96. The Morgan fingerprint density at radius 2 is 1.92 bits per heavy atom. The molecule has 25 heavy (non-hydrogen) atoms. The van der Waals surface area contributed by atoms with Crippen LogP contribution >= 0.6 is 34.5 Å². The molecule has 1 aliphatic rings. The standard InChI is InChI=1S/C17H16Cl2N2O3S/c1-21-4-3-12-13(8-21)25-16(14(12)17(23)24-2)20-15(22)9-5-10(18)7-11(19)6-9/h5-7H,3-4,8H2,1-2H3,(H,20,22). The van der Waals surface area contributed by atoms with Gasteiger partial charge in [0.05, 0.1) is 12.7 Å². The Morgan fingerprint density at radius 1 is 1.24 bits per heavy atom. The van der Waals surface area contributed by atoms with Gasteiger partial charge in [-0.3, -0.25) is 4.79 Å². The summed E-state index contributed by atoms with van der Waals surface area (Å²) in [7, 11) is 3.36. The van der Waals surface area contributed by atoms with Crippen molar-refractivity contribution in [3.8, 4) is 0 Å². The lowest BCUT2D eigenvalue weighted by atomic mass is 10.0. The molecule has 5 nitrogen and oxygen atoms in total. The molecule has 0 fully saturated rings. The van der Waals surface area contributed by atoms with E-state index in [0.717, 1.165) is 30.0 Å². The highest BCUT2D eigenvalue weighted by Gasteiger charge is 2.28. The molecule has 1 N–H and O–H groups in total. The van der Waals surface area contributed by atoms with Crippen LogP contribution in [0.25, 0.3) is 0 Å². The molecule has 2 heterocycles.